The molecule has 0 spiro atoms. The largest absolute Gasteiger partial charge is 0.494 e. The molecule has 1 saturated heterocycles. The van der Waals surface area contributed by atoms with Crippen molar-refractivity contribution in [3.05, 3.63) is 46.7 Å². The molecule has 0 aliphatic carbocycles. The number of esters is 1. The van der Waals surface area contributed by atoms with Crippen LogP contribution < -0.4 is 9.47 Å². The number of benzene rings is 1. The first-order valence-electron chi connectivity index (χ1n) is 10.0. The van der Waals surface area contributed by atoms with Gasteiger partial charge in [0.05, 0.1) is 17.4 Å². The maximum atomic E-state index is 12.4. The van der Waals surface area contributed by atoms with E-state index in [-0.39, 0.29) is 24.4 Å². The fourth-order valence-corrected chi connectivity index (χ4v) is 3.84. The van der Waals surface area contributed by atoms with E-state index < -0.39 is 0 Å². The molecule has 1 aliphatic heterocycles. The Morgan fingerprint density at radius 1 is 1.00 bits per heavy atom. The quantitative estimate of drug-likeness (QED) is 0.456. The van der Waals surface area contributed by atoms with Gasteiger partial charge in [0.15, 0.2) is 0 Å². The second kappa shape index (κ2) is 10.9. The molecule has 156 valence electrons. The monoisotopic (exact) mass is 417 g/mol. The van der Waals surface area contributed by atoms with E-state index in [1.54, 1.807) is 0 Å². The van der Waals surface area contributed by atoms with Crippen LogP contribution in [0.25, 0.3) is 0 Å². The molecule has 0 N–H and O–H groups in total. The van der Waals surface area contributed by atoms with Crippen LogP contribution in [0.2, 0.25) is 0 Å². The van der Waals surface area contributed by atoms with Crippen molar-refractivity contribution < 1.29 is 23.8 Å². The predicted molar refractivity (Wildman–Crippen MR) is 112 cm³/mol. The summed E-state index contributed by atoms with van der Waals surface area (Å²) in [6.45, 7) is 4.43. The minimum Gasteiger partial charge on any atom is -0.494 e. The van der Waals surface area contributed by atoms with E-state index in [2.05, 4.69) is 6.92 Å². The number of carbonyl (C=O) groups is 2. The van der Waals surface area contributed by atoms with Gasteiger partial charge in [-0.3, -0.25) is 9.59 Å². The molecule has 6 nitrogen and oxygen atoms in total. The van der Waals surface area contributed by atoms with Gasteiger partial charge in [-0.25, -0.2) is 0 Å². The van der Waals surface area contributed by atoms with Crippen LogP contribution in [0.3, 0.4) is 0 Å². The summed E-state index contributed by atoms with van der Waals surface area (Å²) >= 11 is 1.44. The lowest BCUT2D eigenvalue weighted by Crippen LogP contribution is -2.40. The third kappa shape index (κ3) is 6.22. The van der Waals surface area contributed by atoms with E-state index in [0.717, 1.165) is 17.0 Å². The highest BCUT2D eigenvalue weighted by Gasteiger charge is 2.29. The summed E-state index contributed by atoms with van der Waals surface area (Å²) in [5.74, 6) is 1.21. The minimum absolute atomic E-state index is 0.0475. The molecule has 7 heteroatoms. The summed E-state index contributed by atoms with van der Waals surface area (Å²) in [5.41, 5.74) is 0. The molecule has 0 atom stereocenters. The van der Waals surface area contributed by atoms with Crippen LogP contribution in [0.4, 0.5) is 0 Å². The van der Waals surface area contributed by atoms with Crippen LogP contribution >= 0.6 is 11.3 Å². The van der Waals surface area contributed by atoms with Gasteiger partial charge in [0.2, 0.25) is 0 Å². The maximum Gasteiger partial charge on any atom is 0.309 e. The smallest absolute Gasteiger partial charge is 0.309 e. The van der Waals surface area contributed by atoms with Gasteiger partial charge in [-0.2, -0.15) is 0 Å². The van der Waals surface area contributed by atoms with Crippen LogP contribution in [0.15, 0.2) is 41.8 Å². The van der Waals surface area contributed by atoms with E-state index in [0.29, 0.717) is 44.9 Å². The highest BCUT2D eigenvalue weighted by molar-refractivity contribution is 7.12. The molecule has 1 aromatic heterocycles. The van der Waals surface area contributed by atoms with Crippen molar-refractivity contribution in [1.82, 2.24) is 4.90 Å². The minimum atomic E-state index is -0.208. The first kappa shape index (κ1) is 21.2. The van der Waals surface area contributed by atoms with Gasteiger partial charge in [0.25, 0.3) is 5.91 Å². The fourth-order valence-electron chi connectivity index (χ4n) is 3.15. The molecule has 1 fully saturated rings. The standard InChI is InChI=1S/C22H27NO5S/c1-2-13-26-18-5-7-19(8-6-18)27-14-15-28-22(25)17-9-11-23(12-10-17)21(24)20-4-3-16-29-20/h3-8,16-17H,2,9-15H2,1H3. The SMILES string of the molecule is CCCOc1ccc(OCCOC(=O)C2CCN(C(=O)c3cccs3)CC2)cc1. The molecular formula is C22H27NO5S. The van der Waals surface area contributed by atoms with E-state index in [1.165, 1.54) is 11.3 Å². The van der Waals surface area contributed by atoms with Gasteiger partial charge >= 0.3 is 5.97 Å². The summed E-state index contributed by atoms with van der Waals surface area (Å²) in [6.07, 6.45) is 2.24. The van der Waals surface area contributed by atoms with E-state index >= 15 is 0 Å². The third-order valence-corrected chi connectivity index (χ3v) is 5.60. The lowest BCUT2D eigenvalue weighted by atomic mass is 9.97. The van der Waals surface area contributed by atoms with Gasteiger partial charge in [0, 0.05) is 13.1 Å². The third-order valence-electron chi connectivity index (χ3n) is 4.74. The van der Waals surface area contributed by atoms with Gasteiger partial charge < -0.3 is 19.1 Å². The lowest BCUT2D eigenvalue weighted by molar-refractivity contribution is -0.150. The molecule has 0 bridgehead atoms. The van der Waals surface area contributed by atoms with Crippen molar-refractivity contribution in [2.75, 3.05) is 32.9 Å². The lowest BCUT2D eigenvalue weighted by Gasteiger charge is -2.30. The Hall–Kier alpha value is -2.54. The number of hydrogen-bond donors (Lipinski definition) is 0. The molecule has 1 aliphatic rings. The normalized spacial score (nSPS) is 14.4. The average molecular weight is 418 g/mol. The first-order valence-corrected chi connectivity index (χ1v) is 10.9. The van der Waals surface area contributed by atoms with E-state index in [1.807, 2.05) is 46.7 Å². The van der Waals surface area contributed by atoms with Gasteiger partial charge in [0.1, 0.15) is 24.7 Å². The number of nitrogens with zero attached hydrogens (tertiary/aromatic N) is 1. The van der Waals surface area contributed by atoms with Crippen LogP contribution in [-0.2, 0) is 9.53 Å². The number of hydrogen-bond acceptors (Lipinski definition) is 6. The summed E-state index contributed by atoms with van der Waals surface area (Å²) in [7, 11) is 0. The summed E-state index contributed by atoms with van der Waals surface area (Å²) in [5, 5.41) is 1.90. The van der Waals surface area contributed by atoms with Crippen LogP contribution in [0.5, 0.6) is 11.5 Å². The van der Waals surface area contributed by atoms with Gasteiger partial charge in [-0.05, 0) is 55.0 Å². The second-order valence-electron chi connectivity index (χ2n) is 6.88. The van der Waals surface area contributed by atoms with E-state index in [9.17, 15) is 9.59 Å². The number of thiophene rings is 1. The number of ether oxygens (including phenoxy) is 3. The Labute approximate surface area is 175 Å². The summed E-state index contributed by atoms with van der Waals surface area (Å²) in [4.78, 5) is 27.2. The first-order chi connectivity index (χ1) is 14.2. The van der Waals surface area contributed by atoms with Crippen molar-refractivity contribution in [3.8, 4) is 11.5 Å². The van der Waals surface area contributed by atoms with Crippen LogP contribution in [-0.4, -0.2) is 49.7 Å². The van der Waals surface area contributed by atoms with Crippen molar-refractivity contribution >= 4 is 23.2 Å². The molecule has 2 heterocycles. The highest BCUT2D eigenvalue weighted by Crippen LogP contribution is 2.22. The van der Waals surface area contributed by atoms with Crippen molar-refractivity contribution in [1.29, 1.82) is 0 Å². The second-order valence-corrected chi connectivity index (χ2v) is 7.83. The Kier molecular flexibility index (Phi) is 7.93. The van der Waals surface area contributed by atoms with Crippen molar-refractivity contribution in [2.45, 2.75) is 26.2 Å². The molecule has 29 heavy (non-hydrogen) atoms. The fraction of sp³-hybridized carbons (Fsp3) is 0.455. The topological polar surface area (TPSA) is 65.1 Å². The number of rotatable bonds is 9. The maximum absolute atomic E-state index is 12.4. The van der Waals surface area contributed by atoms with E-state index in [4.69, 9.17) is 14.2 Å². The zero-order chi connectivity index (χ0) is 20.5. The van der Waals surface area contributed by atoms with Crippen molar-refractivity contribution in [2.24, 2.45) is 5.92 Å². The molecule has 2 aromatic rings. The summed E-state index contributed by atoms with van der Waals surface area (Å²) < 4.78 is 16.5. The predicted octanol–water partition coefficient (Wildman–Crippen LogP) is 4.01. The van der Waals surface area contributed by atoms with Crippen LogP contribution in [0.1, 0.15) is 35.9 Å². The number of carbonyl (C=O) groups excluding carboxylic acids is 2. The molecule has 0 saturated carbocycles. The molecular weight excluding hydrogens is 390 g/mol. The Bertz CT molecular complexity index is 767. The Morgan fingerprint density at radius 2 is 1.66 bits per heavy atom. The number of amides is 1. The number of piperidine rings is 1. The molecule has 0 unspecified atom stereocenters. The van der Waals surface area contributed by atoms with Crippen molar-refractivity contribution in [3.63, 3.8) is 0 Å². The summed E-state index contributed by atoms with van der Waals surface area (Å²) in [6, 6.07) is 11.1. The molecule has 1 aromatic carbocycles. The molecule has 3 rings (SSSR count). The molecule has 0 radical (unpaired) electrons. The zero-order valence-electron chi connectivity index (χ0n) is 16.7. The average Bonchev–Trinajstić information content (AvgIpc) is 3.30. The number of likely N-dealkylation sites (tertiary alicyclic amines) is 1. The zero-order valence-corrected chi connectivity index (χ0v) is 17.5. The van der Waals surface area contributed by atoms with Gasteiger partial charge in [-0.15, -0.1) is 11.3 Å². The highest BCUT2D eigenvalue weighted by atomic mass is 32.1. The molecule has 1 amide bonds. The Balaban J connectivity index is 1.32. The van der Waals surface area contributed by atoms with Gasteiger partial charge in [-0.1, -0.05) is 13.0 Å². The van der Waals surface area contributed by atoms with Crippen LogP contribution in [0, 0.1) is 5.92 Å². The Morgan fingerprint density at radius 3 is 2.24 bits per heavy atom.